The maximum Gasteiger partial charge on any atom is 0.364 e. The molecule has 0 aromatic heterocycles. The summed E-state index contributed by atoms with van der Waals surface area (Å²) in [5.74, 6) is -5.14. The van der Waals surface area contributed by atoms with E-state index in [-0.39, 0.29) is 50.8 Å². The third kappa shape index (κ3) is 21.6. The Labute approximate surface area is 538 Å². The van der Waals surface area contributed by atoms with E-state index in [0.29, 0.717) is 79.3 Å². The lowest BCUT2D eigenvalue weighted by Crippen LogP contribution is -2.68. The van der Waals surface area contributed by atoms with Crippen molar-refractivity contribution in [1.29, 1.82) is 0 Å². The quantitative estimate of drug-likeness (QED) is 0.0152. The van der Waals surface area contributed by atoms with Gasteiger partial charge in [-0.25, -0.2) is 4.79 Å². The maximum atomic E-state index is 13.0. The van der Waals surface area contributed by atoms with Gasteiger partial charge < -0.3 is 81.3 Å². The Hall–Kier alpha value is -6.46. The van der Waals surface area contributed by atoms with Crippen LogP contribution < -0.4 is 26.6 Å². The van der Waals surface area contributed by atoms with Gasteiger partial charge in [-0.15, -0.1) is 0 Å². The molecule has 2 heterocycles. The van der Waals surface area contributed by atoms with E-state index in [1.54, 1.807) is 24.3 Å². The molecule has 0 spiro atoms. The molecular formula is C67H85N5O17S2. The molecule has 91 heavy (non-hydrogen) atoms. The topological polar surface area (TPSA) is 341 Å². The molecule has 5 aromatic rings. The van der Waals surface area contributed by atoms with Crippen LogP contribution >= 0.6 is 23.5 Å². The van der Waals surface area contributed by atoms with Crippen LogP contribution in [-0.2, 0) is 51.2 Å². The number of benzene rings is 5. The predicted molar refractivity (Wildman–Crippen MR) is 345 cm³/mol. The van der Waals surface area contributed by atoms with Crippen molar-refractivity contribution < 1.29 is 83.5 Å². The molecule has 24 heteroatoms. The minimum absolute atomic E-state index is 0.0335. The largest absolute Gasteiger partial charge is 0.477 e. The highest BCUT2D eigenvalue weighted by atomic mass is 32.2. The first-order valence-electron chi connectivity index (χ1n) is 30.5. The zero-order valence-corrected chi connectivity index (χ0v) is 52.7. The molecule has 0 bridgehead atoms. The van der Waals surface area contributed by atoms with Gasteiger partial charge in [0.2, 0.25) is 17.6 Å². The van der Waals surface area contributed by atoms with Gasteiger partial charge in [-0.2, -0.15) is 23.5 Å². The van der Waals surface area contributed by atoms with E-state index < -0.39 is 96.7 Å². The third-order valence-electron chi connectivity index (χ3n) is 15.6. The number of aliphatic hydroxyl groups is 6. The normalized spacial score (nSPS) is 22.8. The van der Waals surface area contributed by atoms with Crippen molar-refractivity contribution in [3.8, 4) is 22.3 Å². The molecule has 12 atom stereocenters. The molecule has 12 N–H and O–H groups in total. The van der Waals surface area contributed by atoms with Crippen molar-refractivity contribution in [2.75, 3.05) is 55.9 Å². The lowest BCUT2D eigenvalue weighted by molar-refractivity contribution is -0.310. The zero-order valence-electron chi connectivity index (χ0n) is 51.1. The lowest BCUT2D eigenvalue weighted by Gasteiger charge is -2.46. The summed E-state index contributed by atoms with van der Waals surface area (Å²) in [6.07, 6.45) is -11.0. The second kappa shape index (κ2) is 36.1. The Morgan fingerprint density at radius 3 is 1.53 bits per heavy atom. The van der Waals surface area contributed by atoms with Crippen LogP contribution in [-0.4, -0.2) is 200 Å². The molecule has 3 amide bonds. The Bertz CT molecular complexity index is 3090. The van der Waals surface area contributed by atoms with Crippen molar-refractivity contribution >= 4 is 59.3 Å². The monoisotopic (exact) mass is 1300 g/mol. The van der Waals surface area contributed by atoms with Crippen LogP contribution in [0.15, 0.2) is 133 Å². The first-order chi connectivity index (χ1) is 43.8. The molecule has 2 aliphatic heterocycles. The number of carbonyl (C=O) groups is 6. The predicted octanol–water partition coefficient (Wildman–Crippen LogP) is 4.00. The van der Waals surface area contributed by atoms with E-state index in [0.717, 1.165) is 33.4 Å². The number of amides is 3. The van der Waals surface area contributed by atoms with Crippen molar-refractivity contribution in [1.82, 2.24) is 26.6 Å². The average Bonchev–Trinajstić information content (AvgIpc) is 0.836. The number of aliphatic hydroxyl groups excluding tert-OH is 6. The maximum absolute atomic E-state index is 13.0. The number of ether oxygens (including phenoxy) is 4. The molecule has 5 aromatic carbocycles. The SMILES string of the molecule is CC(=O)N[C@H]1[C@H]([C@H](O)[C@H](O)CNCc2ccc(-c3ccccc3)cc2)O[C@](C=O)(OCCCSCCNC(=O)c2ccc(C(=O)CCCSCCCO[C@]3(C(=O)O)C[C@H](O)[C@@H](NC(C)=O)[C@H]([C@H](O)[C@H](O)CNCc4ccc(-c5ccccc5)cc4)O3)cc2)C[C@@H]1O. The number of carbonyl (C=O) groups excluding carboxylic acids is 5. The minimum atomic E-state index is -2.39. The van der Waals surface area contributed by atoms with E-state index in [2.05, 4.69) is 26.6 Å². The van der Waals surface area contributed by atoms with Crippen molar-refractivity contribution in [3.05, 3.63) is 156 Å². The number of aldehydes is 1. The molecule has 0 saturated carbocycles. The number of nitrogens with one attached hydrogen (secondary N) is 5. The smallest absolute Gasteiger partial charge is 0.364 e. The Morgan fingerprint density at radius 2 is 1.03 bits per heavy atom. The molecule has 2 aliphatic rings. The molecule has 0 radical (unpaired) electrons. The summed E-state index contributed by atoms with van der Waals surface area (Å²) < 4.78 is 23.6. The highest BCUT2D eigenvalue weighted by Crippen LogP contribution is 2.35. The number of carboxylic acids is 1. The highest BCUT2D eigenvalue weighted by Gasteiger charge is 2.56. The van der Waals surface area contributed by atoms with E-state index in [4.69, 9.17) is 18.9 Å². The van der Waals surface area contributed by atoms with Gasteiger partial charge in [0.15, 0.2) is 12.1 Å². The minimum Gasteiger partial charge on any atom is -0.477 e. The third-order valence-corrected chi connectivity index (χ3v) is 17.8. The van der Waals surface area contributed by atoms with Crippen molar-refractivity contribution in [3.63, 3.8) is 0 Å². The molecule has 22 nitrogen and oxygen atoms in total. The summed E-state index contributed by atoms with van der Waals surface area (Å²) in [4.78, 5) is 75.5. The average molecular weight is 1300 g/mol. The van der Waals surface area contributed by atoms with Crippen molar-refractivity contribution in [2.24, 2.45) is 0 Å². The van der Waals surface area contributed by atoms with Crippen LogP contribution in [0.25, 0.3) is 22.3 Å². The second-order valence-electron chi connectivity index (χ2n) is 22.6. The first kappa shape index (κ1) is 72.0. The van der Waals surface area contributed by atoms with Crippen LogP contribution in [0.2, 0.25) is 0 Å². The van der Waals surface area contributed by atoms with Gasteiger partial charge in [0.25, 0.3) is 11.7 Å². The number of rotatable bonds is 37. The fourth-order valence-electron chi connectivity index (χ4n) is 10.8. The number of ketones is 1. The second-order valence-corrected chi connectivity index (χ2v) is 25.1. The van der Waals surface area contributed by atoms with Crippen LogP contribution in [0.1, 0.15) is 84.2 Å². The summed E-state index contributed by atoms with van der Waals surface area (Å²) in [6.45, 7) is 3.22. The Morgan fingerprint density at radius 1 is 0.582 bits per heavy atom. The first-order valence-corrected chi connectivity index (χ1v) is 32.8. The fraction of sp³-hybridized carbons (Fsp3) is 0.463. The number of thioether (sulfide) groups is 2. The molecule has 492 valence electrons. The van der Waals surface area contributed by atoms with E-state index in [1.807, 2.05) is 109 Å². The van der Waals surface area contributed by atoms with Gasteiger partial charge in [-0.1, -0.05) is 121 Å². The van der Waals surface area contributed by atoms with Crippen LogP contribution in [0, 0.1) is 0 Å². The van der Waals surface area contributed by atoms with Gasteiger partial charge >= 0.3 is 5.97 Å². The molecule has 2 saturated heterocycles. The standard InChI is InChI=1S/C67H85N5O17S2/c1-43(74)71-58-54(77)36-66(42-73,88-62(58)60(81)56(79)40-68-38-45-17-21-49(22-18-45)47-12-5-3-6-13-47)86-30-10-34-91-35-29-70-64(83)52-27-25-51(26-28-52)53(76)16-9-32-90-33-11-31-87-67(65(84)85)37-55(78)59(72-44(2)75)63(89-67)61(82)57(80)41-69-39-46-19-23-50(24-20-46)48-14-7-4-8-15-48/h3-8,12-15,17-28,42,54-63,68-69,77-82H,9-11,16,29-41H2,1-2H3,(H,70,83)(H,71,74)(H,72,75)(H,84,85)/t54-,55-,56+,57+,58+,59+,60+,61+,62+,63+,66+,67+/m0/s1. The highest BCUT2D eigenvalue weighted by molar-refractivity contribution is 7.99. The molecule has 0 aliphatic carbocycles. The summed E-state index contributed by atoms with van der Waals surface area (Å²) >= 11 is 3.05. The number of hydrogen-bond donors (Lipinski definition) is 12. The summed E-state index contributed by atoms with van der Waals surface area (Å²) in [5, 5.41) is 91.6. The van der Waals surface area contributed by atoms with Crippen LogP contribution in [0.5, 0.6) is 0 Å². The van der Waals surface area contributed by atoms with E-state index >= 15 is 0 Å². The molecular weight excluding hydrogens is 1210 g/mol. The summed E-state index contributed by atoms with van der Waals surface area (Å²) in [7, 11) is 0. The fourth-order valence-corrected chi connectivity index (χ4v) is 12.4. The van der Waals surface area contributed by atoms with Crippen LogP contribution in [0.3, 0.4) is 0 Å². The molecule has 2 fully saturated rings. The van der Waals surface area contributed by atoms with Crippen molar-refractivity contribution in [2.45, 2.75) is 138 Å². The van der Waals surface area contributed by atoms with Gasteiger partial charge in [0.1, 0.15) is 24.4 Å². The number of carboxylic acid groups (broad SMARTS) is 1. The van der Waals surface area contributed by atoms with Crippen LogP contribution in [0.4, 0.5) is 0 Å². The Balaban J connectivity index is 0.755. The van der Waals surface area contributed by atoms with E-state index in [9.17, 15) is 64.5 Å². The van der Waals surface area contributed by atoms with Gasteiger partial charge in [-0.3, -0.25) is 24.0 Å². The lowest BCUT2D eigenvalue weighted by atomic mass is 9.88. The number of hydrogen-bond acceptors (Lipinski definition) is 20. The van der Waals surface area contributed by atoms with Gasteiger partial charge in [0.05, 0.1) is 49.7 Å². The zero-order chi connectivity index (χ0) is 65.3. The number of aliphatic carboxylic acids is 1. The van der Waals surface area contributed by atoms with Gasteiger partial charge in [-0.05, 0) is 82.0 Å². The molecule has 0 unspecified atom stereocenters. The Kier molecular flexibility index (Phi) is 28.6. The number of Topliss-reactive ketones (excluding diaryl/α,β-unsaturated/α-hetero) is 1. The van der Waals surface area contributed by atoms with Gasteiger partial charge in [0, 0.05) is 82.7 Å². The molecule has 7 rings (SSSR count). The summed E-state index contributed by atoms with van der Waals surface area (Å²) in [6, 6.07) is 39.4. The summed E-state index contributed by atoms with van der Waals surface area (Å²) in [5.41, 5.74) is 6.90. The van der Waals surface area contributed by atoms with E-state index in [1.165, 1.54) is 37.4 Å².